The summed E-state index contributed by atoms with van der Waals surface area (Å²) in [6.45, 7) is 0. The van der Waals surface area contributed by atoms with Crippen molar-refractivity contribution in [3.63, 3.8) is 0 Å². The van der Waals surface area contributed by atoms with E-state index in [0.717, 1.165) is 4.88 Å². The van der Waals surface area contributed by atoms with Crippen molar-refractivity contribution in [2.45, 2.75) is 6.42 Å². The Hall–Kier alpha value is -1.75. The molecule has 0 spiro atoms. The number of amides is 1. The number of aromatic nitrogens is 2. The Morgan fingerprint density at radius 3 is 2.87 bits per heavy atom. The maximum atomic E-state index is 11.1. The van der Waals surface area contributed by atoms with Crippen LogP contribution in [0.1, 0.15) is 21.1 Å². The van der Waals surface area contributed by atoms with E-state index in [2.05, 4.69) is 9.97 Å². The molecule has 1 amide bonds. The standard InChI is InChI=1S/C10H9N3OS/c11-10(14)9-8(12-3-4-13-9)6-7-2-1-5-15-7/h1-5H,6H2,(H2,11,14). The van der Waals surface area contributed by atoms with E-state index < -0.39 is 5.91 Å². The van der Waals surface area contributed by atoms with Gasteiger partial charge in [-0.3, -0.25) is 9.78 Å². The summed E-state index contributed by atoms with van der Waals surface area (Å²) in [5.74, 6) is -0.533. The second-order valence-corrected chi connectivity index (χ2v) is 4.00. The molecule has 0 atom stereocenters. The first-order valence-corrected chi connectivity index (χ1v) is 5.27. The molecule has 0 aliphatic heterocycles. The predicted octanol–water partition coefficient (Wildman–Crippen LogP) is 1.23. The first-order chi connectivity index (χ1) is 7.27. The molecule has 2 rings (SSSR count). The highest BCUT2D eigenvalue weighted by molar-refractivity contribution is 7.09. The van der Waals surface area contributed by atoms with Crippen LogP contribution in [0.25, 0.3) is 0 Å². The largest absolute Gasteiger partial charge is 0.364 e. The fraction of sp³-hybridized carbons (Fsp3) is 0.100. The van der Waals surface area contributed by atoms with Gasteiger partial charge in [-0.1, -0.05) is 6.07 Å². The maximum absolute atomic E-state index is 11.1. The highest BCUT2D eigenvalue weighted by atomic mass is 32.1. The second-order valence-electron chi connectivity index (χ2n) is 2.97. The highest BCUT2D eigenvalue weighted by Gasteiger charge is 2.11. The third-order valence-corrected chi connectivity index (χ3v) is 2.81. The second kappa shape index (κ2) is 4.18. The van der Waals surface area contributed by atoms with Crippen LogP contribution >= 0.6 is 11.3 Å². The topological polar surface area (TPSA) is 68.9 Å². The van der Waals surface area contributed by atoms with Crippen molar-refractivity contribution in [3.05, 3.63) is 46.2 Å². The van der Waals surface area contributed by atoms with Gasteiger partial charge in [0.2, 0.25) is 0 Å². The Balaban J connectivity index is 2.32. The van der Waals surface area contributed by atoms with E-state index in [0.29, 0.717) is 12.1 Å². The number of hydrogen-bond acceptors (Lipinski definition) is 4. The minimum absolute atomic E-state index is 0.255. The number of carbonyl (C=O) groups is 1. The lowest BCUT2D eigenvalue weighted by Gasteiger charge is -2.01. The van der Waals surface area contributed by atoms with Gasteiger partial charge < -0.3 is 5.73 Å². The van der Waals surface area contributed by atoms with Crippen molar-refractivity contribution < 1.29 is 4.79 Å². The van der Waals surface area contributed by atoms with Crippen LogP contribution in [-0.2, 0) is 6.42 Å². The molecule has 2 N–H and O–H groups in total. The van der Waals surface area contributed by atoms with E-state index in [9.17, 15) is 4.79 Å². The first-order valence-electron chi connectivity index (χ1n) is 4.39. The highest BCUT2D eigenvalue weighted by Crippen LogP contribution is 2.14. The molecule has 0 aliphatic carbocycles. The number of primary amides is 1. The molecule has 0 aliphatic rings. The normalized spacial score (nSPS) is 10.1. The van der Waals surface area contributed by atoms with Crippen molar-refractivity contribution in [3.8, 4) is 0 Å². The summed E-state index contributed by atoms with van der Waals surface area (Å²) in [4.78, 5) is 20.3. The predicted molar refractivity (Wildman–Crippen MR) is 57.7 cm³/mol. The zero-order valence-electron chi connectivity index (χ0n) is 7.88. The molecule has 4 nitrogen and oxygen atoms in total. The van der Waals surface area contributed by atoms with E-state index in [1.807, 2.05) is 17.5 Å². The van der Waals surface area contributed by atoms with Gasteiger partial charge >= 0.3 is 0 Å². The lowest BCUT2D eigenvalue weighted by atomic mass is 10.2. The molecule has 0 saturated carbocycles. The third-order valence-electron chi connectivity index (χ3n) is 1.93. The lowest BCUT2D eigenvalue weighted by Crippen LogP contribution is -2.16. The number of nitrogens with two attached hydrogens (primary N) is 1. The van der Waals surface area contributed by atoms with E-state index in [1.54, 1.807) is 17.5 Å². The summed E-state index contributed by atoms with van der Waals surface area (Å²) < 4.78 is 0. The van der Waals surface area contributed by atoms with Crippen molar-refractivity contribution in [1.82, 2.24) is 9.97 Å². The van der Waals surface area contributed by atoms with Gasteiger partial charge in [-0.25, -0.2) is 4.98 Å². The summed E-state index contributed by atoms with van der Waals surface area (Å²) >= 11 is 1.62. The lowest BCUT2D eigenvalue weighted by molar-refractivity contribution is 0.0994. The molecular weight excluding hydrogens is 210 g/mol. The van der Waals surface area contributed by atoms with Crippen LogP contribution in [0.2, 0.25) is 0 Å². The molecule has 76 valence electrons. The Bertz CT molecular complexity index is 467. The molecule has 5 heteroatoms. The van der Waals surface area contributed by atoms with Crippen molar-refractivity contribution >= 4 is 17.2 Å². The third kappa shape index (κ3) is 2.19. The summed E-state index contributed by atoms with van der Waals surface area (Å²) in [6, 6.07) is 3.95. The molecule has 0 bridgehead atoms. The van der Waals surface area contributed by atoms with Gasteiger partial charge in [-0.15, -0.1) is 11.3 Å². The maximum Gasteiger partial charge on any atom is 0.269 e. The van der Waals surface area contributed by atoms with Crippen molar-refractivity contribution in [2.75, 3.05) is 0 Å². The van der Waals surface area contributed by atoms with Crippen LogP contribution in [0.15, 0.2) is 29.9 Å². The Kier molecular flexibility index (Phi) is 2.73. The van der Waals surface area contributed by atoms with Crippen molar-refractivity contribution in [2.24, 2.45) is 5.73 Å². The number of nitrogens with zero attached hydrogens (tertiary/aromatic N) is 2. The van der Waals surface area contributed by atoms with Gasteiger partial charge in [0.05, 0.1) is 5.69 Å². The number of carbonyl (C=O) groups excluding carboxylic acids is 1. The number of thiophene rings is 1. The summed E-state index contributed by atoms with van der Waals surface area (Å²) in [5, 5.41) is 1.98. The molecule has 15 heavy (non-hydrogen) atoms. The van der Waals surface area contributed by atoms with Gasteiger partial charge in [0, 0.05) is 23.7 Å². The number of hydrogen-bond donors (Lipinski definition) is 1. The molecule has 2 heterocycles. The molecular formula is C10H9N3OS. The summed E-state index contributed by atoms with van der Waals surface area (Å²) in [6.07, 6.45) is 3.64. The molecule has 0 aromatic carbocycles. The smallest absolute Gasteiger partial charge is 0.269 e. The van der Waals surface area contributed by atoms with E-state index in [4.69, 9.17) is 5.73 Å². The van der Waals surface area contributed by atoms with Crippen LogP contribution in [0, 0.1) is 0 Å². The van der Waals surface area contributed by atoms with Crippen molar-refractivity contribution in [1.29, 1.82) is 0 Å². The van der Waals surface area contributed by atoms with Gasteiger partial charge in [-0.05, 0) is 11.4 Å². The van der Waals surface area contributed by atoms with Crippen LogP contribution in [-0.4, -0.2) is 15.9 Å². The zero-order valence-corrected chi connectivity index (χ0v) is 8.70. The Morgan fingerprint density at radius 2 is 2.20 bits per heavy atom. The fourth-order valence-corrected chi connectivity index (χ4v) is 1.99. The van der Waals surface area contributed by atoms with Gasteiger partial charge in [0.25, 0.3) is 5.91 Å². The molecule has 2 aromatic heterocycles. The summed E-state index contributed by atoms with van der Waals surface area (Å²) in [7, 11) is 0. The molecule has 0 unspecified atom stereocenters. The average molecular weight is 219 g/mol. The van der Waals surface area contributed by atoms with Crippen LogP contribution < -0.4 is 5.73 Å². The SMILES string of the molecule is NC(=O)c1nccnc1Cc1cccs1. The van der Waals surface area contributed by atoms with E-state index >= 15 is 0 Å². The minimum Gasteiger partial charge on any atom is -0.364 e. The molecule has 0 radical (unpaired) electrons. The fourth-order valence-electron chi connectivity index (χ4n) is 1.28. The van der Waals surface area contributed by atoms with E-state index in [1.165, 1.54) is 6.20 Å². The summed E-state index contributed by atoms with van der Waals surface area (Å²) in [5.41, 5.74) is 6.09. The average Bonchev–Trinajstić information content (AvgIpc) is 2.71. The number of rotatable bonds is 3. The van der Waals surface area contributed by atoms with E-state index in [-0.39, 0.29) is 5.69 Å². The van der Waals surface area contributed by atoms with Crippen LogP contribution in [0.4, 0.5) is 0 Å². The van der Waals surface area contributed by atoms with Gasteiger partial charge in [0.1, 0.15) is 5.69 Å². The minimum atomic E-state index is -0.533. The Morgan fingerprint density at radius 1 is 1.40 bits per heavy atom. The monoisotopic (exact) mass is 219 g/mol. The zero-order chi connectivity index (χ0) is 10.7. The van der Waals surface area contributed by atoms with Crippen LogP contribution in [0.5, 0.6) is 0 Å². The molecule has 2 aromatic rings. The Labute approximate surface area is 90.8 Å². The van der Waals surface area contributed by atoms with Gasteiger partial charge in [0.15, 0.2) is 0 Å². The molecule has 0 saturated heterocycles. The van der Waals surface area contributed by atoms with Crippen LogP contribution in [0.3, 0.4) is 0 Å². The quantitative estimate of drug-likeness (QED) is 0.844. The van der Waals surface area contributed by atoms with Gasteiger partial charge in [-0.2, -0.15) is 0 Å². The molecule has 0 fully saturated rings. The first kappa shape index (κ1) is 9.79.